The minimum absolute atomic E-state index is 0. The van der Waals surface area contributed by atoms with E-state index in [0.29, 0.717) is 0 Å². The zero-order valence-corrected chi connectivity index (χ0v) is 2.45. The summed E-state index contributed by atoms with van der Waals surface area (Å²) >= 11 is 0. The number of rotatable bonds is 0. The molecule has 0 spiro atoms. The number of hydrogen-bond donors (Lipinski definition) is 0. The molecule has 0 N–H and O–H groups in total. The Morgan fingerprint density at radius 2 is 0.667 bits per heavy atom. The summed E-state index contributed by atoms with van der Waals surface area (Å²) in [6, 6.07) is 0. The van der Waals surface area contributed by atoms with Gasteiger partial charge in [0.15, 0.2) is 17.4 Å². The Hall–Kier alpha value is 0.677. The Balaban J connectivity index is 0. The highest BCUT2D eigenvalue weighted by atomic mass is 35.5. The molecule has 0 atom stereocenters. The lowest BCUT2D eigenvalue weighted by Gasteiger charge is -0.270. The Morgan fingerprint density at radius 3 is 0.667 bits per heavy atom. The second-order valence-electron chi connectivity index (χ2n) is 0. The summed E-state index contributed by atoms with van der Waals surface area (Å²) in [4.78, 5) is 0. The fraction of sp³-hybridized carbons (Fsp3) is 0. The quantitative estimate of drug-likeness (QED) is 0.360. The third-order valence-electron chi connectivity index (χ3n) is 0. The summed E-state index contributed by atoms with van der Waals surface area (Å²) in [6.45, 7) is 0. The van der Waals surface area contributed by atoms with Gasteiger partial charge in [-0.1, -0.05) is 0 Å². The van der Waals surface area contributed by atoms with Crippen molar-refractivity contribution in [2.24, 2.45) is 0 Å². The van der Waals surface area contributed by atoms with Crippen LogP contribution in [0.5, 0.6) is 0 Å². The molecule has 0 nitrogen and oxygen atoms in total. The highest BCUT2D eigenvalue weighted by molar-refractivity contribution is 5.85. The molecule has 0 rings (SSSR count). The third kappa shape index (κ3) is 138. The average molecular weight is 140 g/mol. The first-order valence-corrected chi connectivity index (χ1v) is 0. The van der Waals surface area contributed by atoms with E-state index in [-0.39, 0.29) is 52.3 Å². The van der Waals surface area contributed by atoms with Crippen LogP contribution in [-0.2, 0) is 0 Å². The lowest BCUT2D eigenvalue weighted by molar-refractivity contribution is 1.11. The Kier molecular flexibility index (Phi) is 21200. The third-order valence-corrected chi connectivity index (χ3v) is 0. The topological polar surface area (TPSA) is 0 Å². The molecular weight excluding hydrogens is 130 g/mol. The molecule has 0 unspecified atom stereocenters. The lowest BCUT2D eigenvalue weighted by Crippen LogP contribution is -0.382. The van der Waals surface area contributed by atoms with E-state index in [1.54, 1.807) is 0 Å². The van der Waals surface area contributed by atoms with Gasteiger partial charge < -0.3 is 0 Å². The second kappa shape index (κ2) is 271. The van der Waals surface area contributed by atoms with Crippen molar-refractivity contribution in [3.05, 3.63) is 0 Å². The molecule has 0 aromatic rings. The SMILES string of the molecule is B.Cl.F.F.F.[AlH3]. The summed E-state index contributed by atoms with van der Waals surface area (Å²) < 4.78 is 0. The van der Waals surface area contributed by atoms with Crippen molar-refractivity contribution >= 4 is 38.2 Å². The first kappa shape index (κ1) is 469. The van der Waals surface area contributed by atoms with Crippen molar-refractivity contribution in [2.45, 2.75) is 0 Å². The Morgan fingerprint density at radius 1 is 0.667 bits per heavy atom. The van der Waals surface area contributed by atoms with Gasteiger partial charge in [-0.05, 0) is 0 Å². The van der Waals surface area contributed by atoms with Gasteiger partial charge in [-0.2, -0.15) is 0 Å². The average Bonchev–Trinajstić information content (AvgIpc) is 0. The van der Waals surface area contributed by atoms with E-state index < -0.39 is 0 Å². The smallest absolute Gasteiger partial charge is 0.187 e. The van der Waals surface area contributed by atoms with Gasteiger partial charge in [-0.15, -0.1) is 12.4 Å². The van der Waals surface area contributed by atoms with Crippen LogP contribution < -0.4 is 0 Å². The maximum atomic E-state index is 0. The van der Waals surface area contributed by atoms with Gasteiger partial charge in [-0.25, -0.2) is 0 Å². The van der Waals surface area contributed by atoms with Gasteiger partial charge in [0.25, 0.3) is 0 Å². The maximum Gasteiger partial charge on any atom is 0.187 e. The van der Waals surface area contributed by atoms with Gasteiger partial charge in [-0.3, -0.25) is 14.1 Å². The summed E-state index contributed by atoms with van der Waals surface area (Å²) in [5, 5.41) is 0. The van der Waals surface area contributed by atoms with E-state index in [4.69, 9.17) is 0 Å². The van der Waals surface area contributed by atoms with Gasteiger partial charge >= 0.3 is 0 Å². The molecule has 6 heteroatoms. The van der Waals surface area contributed by atoms with Crippen molar-refractivity contribution < 1.29 is 14.1 Å². The molecule has 0 saturated heterocycles. The minimum atomic E-state index is 0. The molecule has 0 aliphatic rings. The van der Waals surface area contributed by atoms with Gasteiger partial charge in [0.1, 0.15) is 0 Å². The highest BCUT2D eigenvalue weighted by Gasteiger charge is 0.187. The van der Waals surface area contributed by atoms with Crippen LogP contribution in [0.25, 0.3) is 0 Å². The van der Waals surface area contributed by atoms with Crippen LogP contribution in [0.15, 0.2) is 0 Å². The summed E-state index contributed by atoms with van der Waals surface area (Å²) in [7, 11) is 0. The molecule has 0 aromatic carbocycles. The van der Waals surface area contributed by atoms with Crippen LogP contribution in [0.4, 0.5) is 14.1 Å². The van der Waals surface area contributed by atoms with E-state index in [1.807, 2.05) is 0 Å². The zero-order chi connectivity index (χ0) is 0. The number of halogens is 4. The fourth-order valence-corrected chi connectivity index (χ4v) is 0. The highest BCUT2D eigenvalue weighted by Crippen LogP contribution is 0.690. The predicted molar refractivity (Wildman–Crippen MR) is 34.6 cm³/mol. The van der Waals surface area contributed by atoms with E-state index >= 15 is 0 Å². The van der Waals surface area contributed by atoms with Gasteiger partial charge in [0.2, 0.25) is 0 Å². The lowest BCUT2D eigenvalue weighted by atomic mass is 10.8. The first-order chi connectivity index (χ1) is 0. The summed E-state index contributed by atoms with van der Waals surface area (Å²) in [6.07, 6.45) is 0. The molecule has 0 fully saturated rings. The van der Waals surface area contributed by atoms with Crippen LogP contribution in [-0.4, -0.2) is 25.8 Å². The van der Waals surface area contributed by atoms with Crippen LogP contribution in [0.1, 0.15) is 0 Å². The molecule has 0 bridgehead atoms. The molecule has 0 radical (unpaired) electrons. The predicted octanol–water partition coefficient (Wildman–Crippen LogP) is -1.49. The van der Waals surface area contributed by atoms with Crippen LogP contribution in [0, 0.1) is 0 Å². The second-order valence-corrected chi connectivity index (χ2v) is 0. The fourth-order valence-electron chi connectivity index (χ4n) is 0. The van der Waals surface area contributed by atoms with E-state index in [9.17, 15) is 0 Å². The van der Waals surface area contributed by atoms with E-state index in [0.717, 1.165) is 0 Å². The molecule has 0 saturated carbocycles. The van der Waals surface area contributed by atoms with Crippen molar-refractivity contribution in [2.75, 3.05) is 0 Å². The molecule has 0 heterocycles. The van der Waals surface area contributed by atoms with E-state index in [1.165, 1.54) is 0 Å². The van der Waals surface area contributed by atoms with Gasteiger partial charge in [0, 0.05) is 0 Å². The number of hydrogen-bond acceptors (Lipinski definition) is 0. The summed E-state index contributed by atoms with van der Waals surface area (Å²) in [5.41, 5.74) is 0. The Labute approximate surface area is 52.9 Å². The van der Waals surface area contributed by atoms with Crippen LogP contribution >= 0.6 is 12.4 Å². The summed E-state index contributed by atoms with van der Waals surface area (Å²) in [5.74, 6) is 0. The maximum absolute atomic E-state index is 0. The van der Waals surface area contributed by atoms with E-state index in [2.05, 4.69) is 0 Å². The molecule has 0 amide bonds. The first-order valence-electron chi connectivity index (χ1n) is 0. The largest absolute Gasteiger partial charge is 0.269 e. The standard InChI is InChI=1S/Al.BH3.ClH.3FH.3H/h;1H3;4*1H;;;. The zero-order valence-electron chi connectivity index (χ0n) is 1.63. The monoisotopic (exact) mass is 140 g/mol. The van der Waals surface area contributed by atoms with Crippen molar-refractivity contribution in [3.63, 3.8) is 0 Å². The normalized spacial score (nSPS) is 0. The molecule has 44 valence electrons. The van der Waals surface area contributed by atoms with Crippen LogP contribution in [0.3, 0.4) is 0 Å². The Bertz CT molecular complexity index is 10.8. The van der Waals surface area contributed by atoms with Crippen LogP contribution in [0.2, 0.25) is 0 Å². The van der Waals surface area contributed by atoms with Crippen molar-refractivity contribution in [1.29, 1.82) is 0 Å². The molecular formula is H10AlBClF3. The molecule has 0 aliphatic carbocycles. The van der Waals surface area contributed by atoms with Crippen molar-refractivity contribution in [3.8, 4) is 0 Å². The molecule has 0 aliphatic heterocycles. The van der Waals surface area contributed by atoms with Gasteiger partial charge in [0.05, 0.1) is 8.41 Å². The van der Waals surface area contributed by atoms with Crippen molar-refractivity contribution in [1.82, 2.24) is 0 Å². The molecule has 0 aromatic heterocycles. The molecule has 6 heavy (non-hydrogen) atoms. The minimum Gasteiger partial charge on any atom is -0.269 e.